The van der Waals surface area contributed by atoms with E-state index in [4.69, 9.17) is 5.73 Å². The number of nitrogens with two attached hydrogens (primary N) is 1. The van der Waals surface area contributed by atoms with Gasteiger partial charge in [0.05, 0.1) is 11.2 Å². The molecule has 2 N–H and O–H groups in total. The van der Waals surface area contributed by atoms with Crippen molar-refractivity contribution < 1.29 is 0 Å². The van der Waals surface area contributed by atoms with Crippen molar-refractivity contribution in [1.82, 2.24) is 4.98 Å². The lowest BCUT2D eigenvalue weighted by Crippen LogP contribution is -1.95. The Balaban J connectivity index is 2.89. The number of aromatic nitrogens is 1. The van der Waals surface area contributed by atoms with Crippen LogP contribution in [0.25, 0.3) is 10.9 Å². The number of nitrogens with zero attached hydrogens (tertiary/aromatic N) is 2. The van der Waals surface area contributed by atoms with E-state index in [1.165, 1.54) is 0 Å². The van der Waals surface area contributed by atoms with Crippen molar-refractivity contribution in [3.63, 3.8) is 0 Å². The number of aliphatic imine (C=N–C) groups is 1. The van der Waals surface area contributed by atoms with Crippen molar-refractivity contribution in [1.29, 1.82) is 0 Å². The van der Waals surface area contributed by atoms with E-state index in [1.807, 2.05) is 38.1 Å². The second-order valence-corrected chi connectivity index (χ2v) is 3.38. The van der Waals surface area contributed by atoms with Gasteiger partial charge in [0.2, 0.25) is 0 Å². The molecule has 0 bridgehead atoms. The fraction of sp³-hybridized carbons (Fsp3) is 0.167. The third kappa shape index (κ3) is 1.56. The maximum atomic E-state index is 5.83. The summed E-state index contributed by atoms with van der Waals surface area (Å²) in [7, 11) is 0. The molecule has 1 aromatic carbocycles. The first kappa shape index (κ1) is 9.65. The van der Waals surface area contributed by atoms with Gasteiger partial charge in [0, 0.05) is 17.2 Å². The predicted molar refractivity (Wildman–Crippen MR) is 64.7 cm³/mol. The van der Waals surface area contributed by atoms with E-state index in [0.717, 1.165) is 22.2 Å². The van der Waals surface area contributed by atoms with Gasteiger partial charge in [-0.1, -0.05) is 18.2 Å². The van der Waals surface area contributed by atoms with Gasteiger partial charge in [-0.2, -0.15) is 0 Å². The standard InChI is InChI=1S/C12H13N3/c1-3-14-11-8(2)12(13)15-10-7-5-4-6-9(10)11/h3-7H,1-2H3,(H2,13,15)/b14-3-. The lowest BCUT2D eigenvalue weighted by molar-refractivity contribution is 1.32. The average Bonchev–Trinajstić information content (AvgIpc) is 2.25. The van der Waals surface area contributed by atoms with Crippen LogP contribution in [0.4, 0.5) is 11.5 Å². The molecule has 3 heteroatoms. The second-order valence-electron chi connectivity index (χ2n) is 3.38. The Morgan fingerprint density at radius 1 is 1.33 bits per heavy atom. The maximum absolute atomic E-state index is 5.83. The summed E-state index contributed by atoms with van der Waals surface area (Å²) in [5.41, 5.74) is 8.58. The van der Waals surface area contributed by atoms with E-state index in [0.29, 0.717) is 5.82 Å². The molecule has 0 unspecified atom stereocenters. The molecule has 3 nitrogen and oxygen atoms in total. The van der Waals surface area contributed by atoms with Crippen molar-refractivity contribution in [2.24, 2.45) is 4.99 Å². The summed E-state index contributed by atoms with van der Waals surface area (Å²) < 4.78 is 0. The summed E-state index contributed by atoms with van der Waals surface area (Å²) in [6.45, 7) is 3.84. The summed E-state index contributed by atoms with van der Waals surface area (Å²) in [6, 6.07) is 7.88. The predicted octanol–water partition coefficient (Wildman–Crippen LogP) is 2.85. The molecular weight excluding hydrogens is 186 g/mol. The number of rotatable bonds is 1. The van der Waals surface area contributed by atoms with E-state index in [-0.39, 0.29) is 0 Å². The average molecular weight is 199 g/mol. The SMILES string of the molecule is C/C=N\c1c(C)c(N)nc2ccccc12. The van der Waals surface area contributed by atoms with Crippen LogP contribution in [0.3, 0.4) is 0 Å². The number of pyridine rings is 1. The van der Waals surface area contributed by atoms with E-state index in [2.05, 4.69) is 9.98 Å². The van der Waals surface area contributed by atoms with Crippen LogP contribution in [-0.2, 0) is 0 Å². The molecule has 0 saturated carbocycles. The van der Waals surface area contributed by atoms with Gasteiger partial charge in [-0.3, -0.25) is 4.99 Å². The van der Waals surface area contributed by atoms with E-state index in [1.54, 1.807) is 6.21 Å². The van der Waals surface area contributed by atoms with Crippen molar-refractivity contribution in [2.45, 2.75) is 13.8 Å². The normalized spacial score (nSPS) is 11.3. The van der Waals surface area contributed by atoms with Crippen LogP contribution in [-0.4, -0.2) is 11.2 Å². The number of anilines is 1. The first-order valence-electron chi connectivity index (χ1n) is 4.87. The van der Waals surface area contributed by atoms with Crippen LogP contribution >= 0.6 is 0 Å². The molecule has 0 aliphatic rings. The van der Waals surface area contributed by atoms with Gasteiger partial charge in [-0.15, -0.1) is 0 Å². The Hall–Kier alpha value is -1.90. The van der Waals surface area contributed by atoms with Gasteiger partial charge in [0.25, 0.3) is 0 Å². The molecule has 1 heterocycles. The van der Waals surface area contributed by atoms with Crippen LogP contribution in [0.1, 0.15) is 12.5 Å². The van der Waals surface area contributed by atoms with Gasteiger partial charge in [-0.05, 0) is 19.9 Å². The third-order valence-electron chi connectivity index (χ3n) is 2.40. The molecule has 15 heavy (non-hydrogen) atoms. The second kappa shape index (κ2) is 3.69. The van der Waals surface area contributed by atoms with E-state index in [9.17, 15) is 0 Å². The molecule has 0 fully saturated rings. The summed E-state index contributed by atoms with van der Waals surface area (Å²) in [5.74, 6) is 0.550. The summed E-state index contributed by atoms with van der Waals surface area (Å²) in [5, 5.41) is 1.04. The zero-order valence-electron chi connectivity index (χ0n) is 8.86. The van der Waals surface area contributed by atoms with Crippen LogP contribution in [0.2, 0.25) is 0 Å². The van der Waals surface area contributed by atoms with Gasteiger partial charge < -0.3 is 5.73 Å². The number of nitrogen functional groups attached to an aromatic ring is 1. The zero-order chi connectivity index (χ0) is 10.8. The Morgan fingerprint density at radius 3 is 2.80 bits per heavy atom. The molecule has 0 saturated heterocycles. The monoisotopic (exact) mass is 199 g/mol. The number of para-hydroxylation sites is 1. The van der Waals surface area contributed by atoms with Crippen LogP contribution in [0.15, 0.2) is 29.3 Å². The van der Waals surface area contributed by atoms with Crippen molar-refractivity contribution in [3.8, 4) is 0 Å². The highest BCUT2D eigenvalue weighted by Crippen LogP contribution is 2.31. The molecule has 0 amide bonds. The molecule has 0 radical (unpaired) electrons. The molecule has 1 aromatic heterocycles. The highest BCUT2D eigenvalue weighted by atomic mass is 14.9. The minimum atomic E-state index is 0.550. The van der Waals surface area contributed by atoms with Crippen molar-refractivity contribution in [2.75, 3.05) is 5.73 Å². The van der Waals surface area contributed by atoms with Crippen molar-refractivity contribution >= 4 is 28.6 Å². The summed E-state index contributed by atoms with van der Waals surface area (Å²) in [6.07, 6.45) is 1.77. The first-order chi connectivity index (χ1) is 7.24. The molecule has 76 valence electrons. The summed E-state index contributed by atoms with van der Waals surface area (Å²) >= 11 is 0. The van der Waals surface area contributed by atoms with Crippen LogP contribution in [0, 0.1) is 6.92 Å². The Bertz CT molecular complexity index is 530. The van der Waals surface area contributed by atoms with Crippen LogP contribution in [0.5, 0.6) is 0 Å². The topological polar surface area (TPSA) is 51.3 Å². The fourth-order valence-corrected chi connectivity index (χ4v) is 1.60. The quantitative estimate of drug-likeness (QED) is 0.718. The van der Waals surface area contributed by atoms with Gasteiger partial charge in [0.15, 0.2) is 0 Å². The highest BCUT2D eigenvalue weighted by Gasteiger charge is 2.07. The Morgan fingerprint density at radius 2 is 2.07 bits per heavy atom. The molecule has 0 spiro atoms. The lowest BCUT2D eigenvalue weighted by atomic mass is 10.1. The number of hydrogen-bond donors (Lipinski definition) is 1. The largest absolute Gasteiger partial charge is 0.383 e. The minimum absolute atomic E-state index is 0.550. The number of benzene rings is 1. The number of hydrogen-bond acceptors (Lipinski definition) is 3. The molecule has 0 aliphatic heterocycles. The van der Waals surface area contributed by atoms with E-state index >= 15 is 0 Å². The molecule has 0 aliphatic carbocycles. The fourth-order valence-electron chi connectivity index (χ4n) is 1.60. The molecule has 0 atom stereocenters. The highest BCUT2D eigenvalue weighted by molar-refractivity contribution is 5.94. The van der Waals surface area contributed by atoms with Gasteiger partial charge in [-0.25, -0.2) is 4.98 Å². The Labute approximate surface area is 88.7 Å². The maximum Gasteiger partial charge on any atom is 0.129 e. The minimum Gasteiger partial charge on any atom is -0.383 e. The van der Waals surface area contributed by atoms with Gasteiger partial charge in [0.1, 0.15) is 5.82 Å². The van der Waals surface area contributed by atoms with Gasteiger partial charge >= 0.3 is 0 Å². The Kier molecular flexibility index (Phi) is 2.37. The molecule has 2 rings (SSSR count). The van der Waals surface area contributed by atoms with Crippen molar-refractivity contribution in [3.05, 3.63) is 29.8 Å². The summed E-state index contributed by atoms with van der Waals surface area (Å²) in [4.78, 5) is 8.67. The molecule has 2 aromatic rings. The number of fused-ring (bicyclic) bond motifs is 1. The first-order valence-corrected chi connectivity index (χ1v) is 4.87. The zero-order valence-corrected chi connectivity index (χ0v) is 8.86. The lowest BCUT2D eigenvalue weighted by Gasteiger charge is -2.07. The molecular formula is C12H13N3. The third-order valence-corrected chi connectivity index (χ3v) is 2.40. The van der Waals surface area contributed by atoms with E-state index < -0.39 is 0 Å². The van der Waals surface area contributed by atoms with Crippen LogP contribution < -0.4 is 5.73 Å². The smallest absolute Gasteiger partial charge is 0.129 e.